The van der Waals surface area contributed by atoms with Gasteiger partial charge >= 0.3 is 0 Å². The molecule has 37 heavy (non-hydrogen) atoms. The average Bonchev–Trinajstić information content (AvgIpc) is 3.47. The lowest BCUT2D eigenvalue weighted by atomic mass is 9.66. The first kappa shape index (κ1) is 25.9. The van der Waals surface area contributed by atoms with Crippen LogP contribution in [0, 0.1) is 11.8 Å². The van der Waals surface area contributed by atoms with E-state index in [2.05, 4.69) is 46.0 Å². The first-order valence-electron chi connectivity index (χ1n) is 12.9. The minimum Gasteiger partial charge on any atom is -0.493 e. The van der Waals surface area contributed by atoms with Crippen LogP contribution in [0.25, 0.3) is 0 Å². The number of rotatable bonds is 6. The predicted octanol–water partition coefficient (Wildman–Crippen LogP) is 6.24. The van der Waals surface area contributed by atoms with Crippen molar-refractivity contribution in [3.8, 4) is 28.7 Å². The highest BCUT2D eigenvalue weighted by atomic mass is 28.4. The molecule has 1 aliphatic heterocycles. The lowest BCUT2D eigenvalue weighted by molar-refractivity contribution is -0.122. The number of ketones is 1. The highest BCUT2D eigenvalue weighted by Gasteiger charge is 2.53. The summed E-state index contributed by atoms with van der Waals surface area (Å²) in [7, 11) is 2.67. The van der Waals surface area contributed by atoms with Crippen LogP contribution in [0.1, 0.15) is 62.3 Å². The molecular weight excluding hydrogens is 488 g/mol. The number of fused-ring (bicyclic) bond motifs is 3. The zero-order valence-corrected chi connectivity index (χ0v) is 24.1. The van der Waals surface area contributed by atoms with Gasteiger partial charge in [0.05, 0.1) is 27.4 Å². The molecule has 2 aromatic rings. The van der Waals surface area contributed by atoms with Gasteiger partial charge in [0, 0.05) is 18.3 Å². The number of Topliss-reactive ketones (excluding diaryl/α,β-unsaturated/α-hetero) is 1. The molecule has 2 aliphatic carbocycles. The second kappa shape index (κ2) is 9.24. The molecule has 8 heteroatoms. The Morgan fingerprint density at radius 1 is 0.892 bits per heavy atom. The van der Waals surface area contributed by atoms with Crippen molar-refractivity contribution in [1.29, 1.82) is 0 Å². The number of hydrogen-bond acceptors (Lipinski definition) is 7. The third-order valence-electron chi connectivity index (χ3n) is 8.80. The number of benzene rings is 2. The van der Waals surface area contributed by atoms with Crippen molar-refractivity contribution in [3.05, 3.63) is 41.0 Å². The maximum absolute atomic E-state index is 13.6. The van der Waals surface area contributed by atoms with Crippen LogP contribution >= 0.6 is 0 Å². The molecule has 0 bridgehead atoms. The smallest absolute Gasteiger partial charge is 0.231 e. The average molecular weight is 527 g/mol. The Kier molecular flexibility index (Phi) is 6.47. The summed E-state index contributed by atoms with van der Waals surface area (Å²) in [5.74, 6) is 3.03. The second-order valence-corrected chi connectivity index (χ2v) is 16.5. The van der Waals surface area contributed by atoms with Crippen LogP contribution in [0.3, 0.4) is 0 Å². The van der Waals surface area contributed by atoms with Crippen LogP contribution in [-0.4, -0.2) is 42.2 Å². The molecule has 0 N–H and O–H groups in total. The van der Waals surface area contributed by atoms with Gasteiger partial charge in [-0.25, -0.2) is 0 Å². The molecule has 1 heterocycles. The van der Waals surface area contributed by atoms with Crippen LogP contribution < -0.4 is 23.7 Å². The first-order chi connectivity index (χ1) is 17.5. The molecule has 4 atom stereocenters. The van der Waals surface area contributed by atoms with E-state index in [4.69, 9.17) is 28.1 Å². The molecule has 0 spiro atoms. The molecule has 3 aliphatic rings. The van der Waals surface area contributed by atoms with E-state index in [1.54, 1.807) is 21.3 Å². The van der Waals surface area contributed by atoms with Crippen LogP contribution in [0.2, 0.25) is 18.1 Å². The molecule has 2 aromatic carbocycles. The molecule has 0 aromatic heterocycles. The maximum Gasteiger partial charge on any atom is 0.231 e. The normalized spacial score (nSPS) is 24.5. The van der Waals surface area contributed by atoms with E-state index in [1.807, 2.05) is 12.1 Å². The van der Waals surface area contributed by atoms with Gasteiger partial charge in [0.15, 0.2) is 31.3 Å². The minimum atomic E-state index is -2.15. The summed E-state index contributed by atoms with van der Waals surface area (Å²) < 4.78 is 35.7. The highest BCUT2D eigenvalue weighted by Crippen LogP contribution is 2.59. The first-order valence-corrected chi connectivity index (χ1v) is 15.9. The predicted molar refractivity (Wildman–Crippen MR) is 143 cm³/mol. The standard InChI is InChI=1S/C29H38O7Si/c1-29(2,3)37(7,8)36-27-17-9-10-20(30)26(17)25(18-13-21-22(14-19(18)27)35-15-34-21)16-11-23(31-4)28(33-6)24(12-16)32-5/h11-14,17,25-27H,9-10,15H2,1-8H3/t17-,25-,26+,27+/m0/s1. The molecule has 7 nitrogen and oxygen atoms in total. The van der Waals surface area contributed by atoms with Gasteiger partial charge in [0.25, 0.3) is 0 Å². The van der Waals surface area contributed by atoms with Crippen molar-refractivity contribution in [2.24, 2.45) is 11.8 Å². The quantitative estimate of drug-likeness (QED) is 0.412. The molecule has 1 fully saturated rings. The SMILES string of the molecule is COc1cc([C@H]2c3cc4c(cc3[C@H](O[Si](C)(C)C(C)(C)C)[C@H]3CCC(=O)[C@H]23)OCO4)cc(OC)c1OC. The van der Waals surface area contributed by atoms with E-state index >= 15 is 0 Å². The van der Waals surface area contributed by atoms with Gasteiger partial charge in [0.2, 0.25) is 12.5 Å². The number of carbonyl (C=O) groups excluding carboxylic acids is 1. The van der Waals surface area contributed by atoms with E-state index in [1.165, 1.54) is 0 Å². The van der Waals surface area contributed by atoms with E-state index in [9.17, 15) is 4.79 Å². The van der Waals surface area contributed by atoms with Crippen molar-refractivity contribution < 1.29 is 32.9 Å². The zero-order valence-electron chi connectivity index (χ0n) is 23.1. The summed E-state index contributed by atoms with van der Waals surface area (Å²) in [4.78, 5) is 13.6. The summed E-state index contributed by atoms with van der Waals surface area (Å²) in [5, 5.41) is 0.0369. The van der Waals surface area contributed by atoms with E-state index in [0.29, 0.717) is 29.4 Å². The lowest BCUT2D eigenvalue weighted by Gasteiger charge is -2.46. The van der Waals surface area contributed by atoms with Crippen molar-refractivity contribution in [2.75, 3.05) is 28.1 Å². The minimum absolute atomic E-state index is 0.0369. The summed E-state index contributed by atoms with van der Waals surface area (Å²) in [5.41, 5.74) is 3.08. The van der Waals surface area contributed by atoms with Crippen molar-refractivity contribution >= 4 is 14.1 Å². The summed E-state index contributed by atoms with van der Waals surface area (Å²) in [6.45, 7) is 11.5. The van der Waals surface area contributed by atoms with Crippen LogP contribution in [0.15, 0.2) is 24.3 Å². The van der Waals surface area contributed by atoms with Gasteiger partial charge in [-0.15, -0.1) is 0 Å². The number of hydrogen-bond donors (Lipinski definition) is 0. The second-order valence-electron chi connectivity index (χ2n) is 11.8. The molecular formula is C29H38O7Si. The molecule has 200 valence electrons. The van der Waals surface area contributed by atoms with E-state index < -0.39 is 8.32 Å². The highest BCUT2D eigenvalue weighted by molar-refractivity contribution is 6.74. The topological polar surface area (TPSA) is 72.5 Å². The monoisotopic (exact) mass is 526 g/mol. The van der Waals surface area contributed by atoms with Gasteiger partial charge in [-0.3, -0.25) is 4.79 Å². The Morgan fingerprint density at radius 3 is 2.03 bits per heavy atom. The fourth-order valence-corrected chi connectivity index (χ4v) is 7.18. The Labute approximate surface area is 220 Å². The molecule has 1 saturated carbocycles. The fourth-order valence-electron chi connectivity index (χ4n) is 5.89. The van der Waals surface area contributed by atoms with Crippen molar-refractivity contribution in [1.82, 2.24) is 0 Å². The number of ether oxygens (including phenoxy) is 5. The maximum atomic E-state index is 13.6. The molecule has 0 radical (unpaired) electrons. The summed E-state index contributed by atoms with van der Waals surface area (Å²) in [6.07, 6.45) is 1.17. The molecule has 0 unspecified atom stereocenters. The van der Waals surface area contributed by atoms with Gasteiger partial charge in [0.1, 0.15) is 5.78 Å². The van der Waals surface area contributed by atoms with Gasteiger partial charge in [-0.2, -0.15) is 0 Å². The van der Waals surface area contributed by atoms with Crippen LogP contribution in [0.4, 0.5) is 0 Å². The molecule has 0 amide bonds. The zero-order chi connectivity index (χ0) is 26.7. The Bertz CT molecular complexity index is 1190. The summed E-state index contributed by atoms with van der Waals surface area (Å²) in [6, 6.07) is 8.07. The Hall–Kier alpha value is -2.71. The Morgan fingerprint density at radius 2 is 1.49 bits per heavy atom. The fraction of sp³-hybridized carbons (Fsp3) is 0.552. The third kappa shape index (κ3) is 4.18. The van der Waals surface area contributed by atoms with E-state index in [0.717, 1.165) is 28.9 Å². The van der Waals surface area contributed by atoms with Crippen LogP contribution in [0.5, 0.6) is 28.7 Å². The van der Waals surface area contributed by atoms with Gasteiger partial charge < -0.3 is 28.1 Å². The lowest BCUT2D eigenvalue weighted by Crippen LogP contribution is -2.45. The van der Waals surface area contributed by atoms with Gasteiger partial charge in [-0.1, -0.05) is 20.8 Å². The third-order valence-corrected chi connectivity index (χ3v) is 13.3. The Balaban J connectivity index is 1.73. The van der Waals surface area contributed by atoms with Crippen LogP contribution in [-0.2, 0) is 9.22 Å². The molecule has 0 saturated heterocycles. The van der Waals surface area contributed by atoms with Crippen molar-refractivity contribution in [2.45, 2.75) is 63.8 Å². The summed E-state index contributed by atoms with van der Waals surface area (Å²) >= 11 is 0. The van der Waals surface area contributed by atoms with Crippen molar-refractivity contribution in [3.63, 3.8) is 0 Å². The number of carbonyl (C=O) groups is 1. The van der Waals surface area contributed by atoms with Gasteiger partial charge in [-0.05, 0) is 71.4 Å². The molecule has 5 rings (SSSR count). The van der Waals surface area contributed by atoms with E-state index in [-0.39, 0.29) is 41.5 Å². The number of methoxy groups -OCH3 is 3. The largest absolute Gasteiger partial charge is 0.493 e.